The van der Waals surface area contributed by atoms with Gasteiger partial charge in [-0.25, -0.2) is 0 Å². The van der Waals surface area contributed by atoms with Gasteiger partial charge in [0.15, 0.2) is 0 Å². The molecular weight excluding hydrogens is 290 g/mol. The summed E-state index contributed by atoms with van der Waals surface area (Å²) in [5, 5.41) is 10.8. The normalized spacial score (nSPS) is 12.1. The van der Waals surface area contributed by atoms with Crippen molar-refractivity contribution < 1.29 is 4.74 Å². The van der Waals surface area contributed by atoms with Crippen LogP contribution >= 0.6 is 11.8 Å². The molecule has 122 valence electrons. The third-order valence-electron chi connectivity index (χ3n) is 3.75. The molecule has 0 saturated heterocycles. The summed E-state index contributed by atoms with van der Waals surface area (Å²) in [6, 6.07) is 4.57. The molecule has 0 spiro atoms. The molecule has 0 aliphatic carbocycles. The zero-order valence-corrected chi connectivity index (χ0v) is 15.9. The van der Waals surface area contributed by atoms with Gasteiger partial charge < -0.3 is 4.74 Å². The fourth-order valence-corrected chi connectivity index (χ4v) is 2.94. The van der Waals surface area contributed by atoms with E-state index in [1.165, 1.54) is 28.5 Å². The molecular formula is C19H29NOS. The van der Waals surface area contributed by atoms with E-state index < -0.39 is 0 Å². The van der Waals surface area contributed by atoms with Crippen LogP contribution in [0.2, 0.25) is 0 Å². The van der Waals surface area contributed by atoms with Crippen LogP contribution in [-0.2, 0) is 17.3 Å². The second kappa shape index (κ2) is 7.42. The first-order chi connectivity index (χ1) is 10.1. The van der Waals surface area contributed by atoms with Gasteiger partial charge in [0, 0.05) is 16.9 Å². The van der Waals surface area contributed by atoms with Gasteiger partial charge in [0.2, 0.25) is 0 Å². The second-order valence-corrected chi connectivity index (χ2v) is 8.65. The Morgan fingerprint density at radius 1 is 1.05 bits per heavy atom. The first-order valence-electron chi connectivity index (χ1n) is 7.84. The first kappa shape index (κ1) is 18.9. The van der Waals surface area contributed by atoms with E-state index in [0.717, 1.165) is 24.3 Å². The summed E-state index contributed by atoms with van der Waals surface area (Å²) in [7, 11) is 1.77. The van der Waals surface area contributed by atoms with Crippen LogP contribution in [0.1, 0.15) is 64.7 Å². The Labute approximate surface area is 140 Å². The van der Waals surface area contributed by atoms with E-state index in [4.69, 9.17) is 10.00 Å². The highest BCUT2D eigenvalue weighted by Crippen LogP contribution is 2.40. The fraction of sp³-hybridized carbons (Fsp3) is 0.632. The van der Waals surface area contributed by atoms with Gasteiger partial charge in [0.05, 0.1) is 7.11 Å². The van der Waals surface area contributed by atoms with Crippen molar-refractivity contribution in [3.63, 3.8) is 0 Å². The predicted octanol–water partition coefficient (Wildman–Crippen LogP) is 5.44. The van der Waals surface area contributed by atoms with E-state index >= 15 is 0 Å². The Kier molecular flexibility index (Phi) is 6.38. The van der Waals surface area contributed by atoms with E-state index in [1.807, 2.05) is 0 Å². The summed E-state index contributed by atoms with van der Waals surface area (Å²) < 4.78 is 5.78. The van der Waals surface area contributed by atoms with Crippen LogP contribution in [0.25, 0.3) is 0 Å². The molecule has 0 aliphatic heterocycles. The maximum Gasteiger partial charge on any atom is 0.133 e. The van der Waals surface area contributed by atoms with Crippen molar-refractivity contribution in [2.75, 3.05) is 12.9 Å². The quantitative estimate of drug-likeness (QED) is 0.535. The van der Waals surface area contributed by atoms with Crippen LogP contribution in [0.3, 0.4) is 0 Å². The van der Waals surface area contributed by atoms with Gasteiger partial charge >= 0.3 is 0 Å². The van der Waals surface area contributed by atoms with Gasteiger partial charge in [-0.3, -0.25) is 0 Å². The number of nitriles is 1. The lowest BCUT2D eigenvalue weighted by atomic mass is 9.78. The van der Waals surface area contributed by atoms with E-state index in [-0.39, 0.29) is 10.8 Å². The number of rotatable bonds is 5. The molecule has 0 heterocycles. The number of hydrogen-bond acceptors (Lipinski definition) is 3. The molecule has 0 amide bonds. The highest BCUT2D eigenvalue weighted by Gasteiger charge is 2.27. The molecule has 0 aliphatic rings. The monoisotopic (exact) mass is 319 g/mol. The van der Waals surface area contributed by atoms with Crippen molar-refractivity contribution >= 4 is 11.8 Å². The number of hydrogen-bond donors (Lipinski definition) is 0. The van der Waals surface area contributed by atoms with Crippen LogP contribution in [-0.4, -0.2) is 12.9 Å². The summed E-state index contributed by atoms with van der Waals surface area (Å²) >= 11 is 1.34. The molecule has 0 aromatic heterocycles. The Morgan fingerprint density at radius 2 is 1.55 bits per heavy atom. The molecule has 0 unspecified atom stereocenters. The molecule has 0 bridgehead atoms. The maximum absolute atomic E-state index is 8.63. The van der Waals surface area contributed by atoms with Crippen LogP contribution in [0.4, 0.5) is 0 Å². The lowest BCUT2D eigenvalue weighted by Gasteiger charge is -2.30. The highest BCUT2D eigenvalue weighted by molar-refractivity contribution is 8.03. The first-order valence-corrected chi connectivity index (χ1v) is 8.82. The number of methoxy groups -OCH3 is 1. The lowest BCUT2D eigenvalue weighted by Crippen LogP contribution is -2.19. The molecule has 1 aromatic carbocycles. The van der Waals surface area contributed by atoms with E-state index in [0.29, 0.717) is 0 Å². The zero-order chi connectivity index (χ0) is 17.0. The van der Waals surface area contributed by atoms with Crippen molar-refractivity contribution in [3.8, 4) is 11.2 Å². The lowest BCUT2D eigenvalue weighted by molar-refractivity contribution is 0.381. The minimum atomic E-state index is 0.0444. The van der Waals surface area contributed by atoms with Crippen molar-refractivity contribution in [3.05, 3.63) is 28.8 Å². The molecule has 1 rings (SSSR count). The molecule has 0 atom stereocenters. The summed E-state index contributed by atoms with van der Waals surface area (Å²) in [4.78, 5) is 0. The van der Waals surface area contributed by atoms with Crippen LogP contribution in [0, 0.1) is 10.7 Å². The summed E-state index contributed by atoms with van der Waals surface area (Å²) in [5.74, 6) is 1.91. The smallest absolute Gasteiger partial charge is 0.133 e. The molecule has 0 radical (unpaired) electrons. The van der Waals surface area contributed by atoms with Crippen molar-refractivity contribution in [2.45, 2.75) is 65.2 Å². The van der Waals surface area contributed by atoms with E-state index in [1.54, 1.807) is 7.11 Å². The Hall–Kier alpha value is -1.14. The molecule has 0 saturated carbocycles. The maximum atomic E-state index is 8.63. The molecule has 2 nitrogen and oxygen atoms in total. The Balaban J connectivity index is 3.28. The average molecular weight is 320 g/mol. The van der Waals surface area contributed by atoms with Crippen LogP contribution in [0.5, 0.6) is 5.75 Å². The summed E-state index contributed by atoms with van der Waals surface area (Å²) in [5.41, 5.74) is 3.97. The zero-order valence-electron chi connectivity index (χ0n) is 15.0. The molecule has 0 N–H and O–H groups in total. The minimum absolute atomic E-state index is 0.0444. The molecule has 0 fully saturated rings. The third kappa shape index (κ3) is 4.95. The predicted molar refractivity (Wildman–Crippen MR) is 96.8 cm³/mol. The molecule has 22 heavy (non-hydrogen) atoms. The SMILES string of the molecule is COc1c(C(C)(C)C)cc(CCCSC#N)cc1C(C)(C)C. The van der Waals surface area contributed by atoms with Crippen molar-refractivity contribution in [2.24, 2.45) is 0 Å². The third-order valence-corrected chi connectivity index (χ3v) is 4.37. The van der Waals surface area contributed by atoms with Gasteiger partial charge in [-0.1, -0.05) is 53.7 Å². The highest BCUT2D eigenvalue weighted by atomic mass is 32.2. The van der Waals surface area contributed by atoms with Gasteiger partial charge in [-0.05, 0) is 41.0 Å². The molecule has 3 heteroatoms. The van der Waals surface area contributed by atoms with E-state index in [9.17, 15) is 0 Å². The number of thioether (sulfide) groups is 1. The van der Waals surface area contributed by atoms with E-state index in [2.05, 4.69) is 59.1 Å². The summed E-state index contributed by atoms with van der Waals surface area (Å²) in [6.45, 7) is 13.4. The second-order valence-electron chi connectivity index (χ2n) is 7.77. The number of nitrogens with zero attached hydrogens (tertiary/aromatic N) is 1. The number of benzene rings is 1. The van der Waals surface area contributed by atoms with Crippen LogP contribution < -0.4 is 4.74 Å². The van der Waals surface area contributed by atoms with Gasteiger partial charge in [-0.2, -0.15) is 5.26 Å². The fourth-order valence-electron chi connectivity index (χ4n) is 2.56. The topological polar surface area (TPSA) is 33.0 Å². The van der Waals surface area contributed by atoms with Gasteiger partial charge in [-0.15, -0.1) is 0 Å². The van der Waals surface area contributed by atoms with Crippen LogP contribution in [0.15, 0.2) is 12.1 Å². The number of thiocyanates is 1. The summed E-state index contributed by atoms with van der Waals surface area (Å²) in [6.07, 6.45) is 2.03. The molecule has 1 aromatic rings. The Morgan fingerprint density at radius 3 is 1.91 bits per heavy atom. The Bertz CT molecular complexity index is 509. The number of aryl methyl sites for hydroxylation is 1. The average Bonchev–Trinajstić information content (AvgIpc) is 2.40. The standard InChI is InChI=1S/C19H29NOS/c1-18(2,3)15-11-14(9-8-10-22-13-20)12-16(17(15)21-7)19(4,5)6/h11-12H,8-10H2,1-7H3. The van der Waals surface area contributed by atoms with Gasteiger partial charge in [0.25, 0.3) is 0 Å². The van der Waals surface area contributed by atoms with Crippen molar-refractivity contribution in [1.29, 1.82) is 5.26 Å². The largest absolute Gasteiger partial charge is 0.496 e. The van der Waals surface area contributed by atoms with Gasteiger partial charge in [0.1, 0.15) is 11.2 Å². The minimum Gasteiger partial charge on any atom is -0.496 e. The number of ether oxygens (including phenoxy) is 1. The van der Waals surface area contributed by atoms with Crippen molar-refractivity contribution in [1.82, 2.24) is 0 Å².